The van der Waals surface area contributed by atoms with Crippen molar-refractivity contribution in [3.8, 4) is 11.3 Å². The summed E-state index contributed by atoms with van der Waals surface area (Å²) in [5.41, 5.74) is 3.70. The van der Waals surface area contributed by atoms with Gasteiger partial charge in [0.15, 0.2) is 0 Å². The van der Waals surface area contributed by atoms with E-state index >= 15 is 0 Å². The number of aromatic nitrogens is 2. The van der Waals surface area contributed by atoms with E-state index < -0.39 is 0 Å². The first-order chi connectivity index (χ1) is 7.61. The Morgan fingerprint density at radius 3 is 2.62 bits per heavy atom. The molecule has 1 aromatic heterocycles. The summed E-state index contributed by atoms with van der Waals surface area (Å²) in [6.45, 7) is 3.86. The predicted octanol–water partition coefficient (Wildman–Crippen LogP) is 3.10. The smallest absolute Gasteiger partial charge is 0.126 e. The van der Waals surface area contributed by atoms with Crippen molar-refractivity contribution in [2.75, 3.05) is 0 Å². The number of hydrogen-bond donors (Lipinski definition) is 0. The van der Waals surface area contributed by atoms with Crippen LogP contribution in [0.2, 0.25) is 0 Å². The maximum absolute atomic E-state index is 13.1. The monoisotopic (exact) mass is 218 g/mol. The molecule has 2 rings (SSSR count). The van der Waals surface area contributed by atoms with E-state index in [0.29, 0.717) is 5.56 Å². The van der Waals surface area contributed by atoms with E-state index in [1.54, 1.807) is 13.0 Å². The Labute approximate surface area is 94.7 Å². The number of nitrogens with zero attached hydrogens (tertiary/aromatic N) is 2. The predicted molar refractivity (Wildman–Crippen MR) is 62.7 cm³/mol. The van der Waals surface area contributed by atoms with E-state index in [1.807, 2.05) is 23.9 Å². The van der Waals surface area contributed by atoms with Crippen molar-refractivity contribution in [3.63, 3.8) is 0 Å². The first-order valence-corrected chi connectivity index (χ1v) is 5.41. The fourth-order valence-corrected chi connectivity index (χ4v) is 1.78. The summed E-state index contributed by atoms with van der Waals surface area (Å²) >= 11 is 0. The van der Waals surface area contributed by atoms with Crippen LogP contribution in [0, 0.1) is 12.7 Å². The van der Waals surface area contributed by atoms with Crippen LogP contribution in [0.1, 0.15) is 18.2 Å². The van der Waals surface area contributed by atoms with Gasteiger partial charge in [-0.1, -0.05) is 6.92 Å². The van der Waals surface area contributed by atoms with Gasteiger partial charge in [-0.2, -0.15) is 5.10 Å². The molecule has 1 aromatic carbocycles. The molecule has 0 unspecified atom stereocenters. The van der Waals surface area contributed by atoms with Crippen molar-refractivity contribution in [2.45, 2.75) is 20.3 Å². The molecule has 2 aromatic rings. The zero-order chi connectivity index (χ0) is 11.7. The van der Waals surface area contributed by atoms with Crippen LogP contribution in [0.3, 0.4) is 0 Å². The first-order valence-electron chi connectivity index (χ1n) is 5.41. The van der Waals surface area contributed by atoms with Crippen LogP contribution in [0.4, 0.5) is 4.39 Å². The molecule has 3 heteroatoms. The number of aryl methyl sites for hydroxylation is 3. The van der Waals surface area contributed by atoms with Gasteiger partial charge in [0, 0.05) is 18.3 Å². The Morgan fingerprint density at radius 2 is 2.06 bits per heavy atom. The van der Waals surface area contributed by atoms with Crippen molar-refractivity contribution >= 4 is 0 Å². The van der Waals surface area contributed by atoms with E-state index in [-0.39, 0.29) is 5.82 Å². The largest absolute Gasteiger partial charge is 0.272 e. The fourth-order valence-electron chi connectivity index (χ4n) is 1.78. The van der Waals surface area contributed by atoms with Gasteiger partial charge in [0.25, 0.3) is 0 Å². The van der Waals surface area contributed by atoms with Gasteiger partial charge in [-0.05, 0) is 43.2 Å². The Morgan fingerprint density at radius 1 is 1.31 bits per heavy atom. The van der Waals surface area contributed by atoms with Gasteiger partial charge in [0.2, 0.25) is 0 Å². The van der Waals surface area contributed by atoms with Crippen LogP contribution in [0.25, 0.3) is 11.3 Å². The summed E-state index contributed by atoms with van der Waals surface area (Å²) in [6, 6.07) is 7.14. The summed E-state index contributed by atoms with van der Waals surface area (Å²) in [4.78, 5) is 0. The second-order valence-electron chi connectivity index (χ2n) is 3.96. The minimum atomic E-state index is -0.171. The molecular formula is C13H15FN2. The number of halogens is 1. The van der Waals surface area contributed by atoms with Crippen LogP contribution in [0.5, 0.6) is 0 Å². The van der Waals surface area contributed by atoms with Gasteiger partial charge in [-0.25, -0.2) is 4.39 Å². The Bertz CT molecular complexity index is 515. The Kier molecular flexibility index (Phi) is 2.77. The molecular weight excluding hydrogens is 203 g/mol. The third kappa shape index (κ3) is 1.85. The number of hydrogen-bond acceptors (Lipinski definition) is 1. The Balaban J connectivity index is 2.46. The second-order valence-corrected chi connectivity index (χ2v) is 3.96. The molecule has 0 bridgehead atoms. The lowest BCUT2D eigenvalue weighted by molar-refractivity contribution is 0.618. The zero-order valence-corrected chi connectivity index (χ0v) is 9.79. The third-order valence-corrected chi connectivity index (χ3v) is 2.79. The van der Waals surface area contributed by atoms with Crippen LogP contribution in [-0.2, 0) is 13.5 Å². The average Bonchev–Trinajstić information content (AvgIpc) is 2.64. The van der Waals surface area contributed by atoms with E-state index in [4.69, 9.17) is 0 Å². The highest BCUT2D eigenvalue weighted by Crippen LogP contribution is 2.21. The van der Waals surface area contributed by atoms with Gasteiger partial charge in [0.05, 0.1) is 5.69 Å². The van der Waals surface area contributed by atoms with Crippen molar-refractivity contribution in [3.05, 3.63) is 41.3 Å². The quantitative estimate of drug-likeness (QED) is 0.757. The molecule has 0 fully saturated rings. The highest BCUT2D eigenvalue weighted by atomic mass is 19.1. The van der Waals surface area contributed by atoms with E-state index in [0.717, 1.165) is 17.7 Å². The van der Waals surface area contributed by atoms with Crippen molar-refractivity contribution in [2.24, 2.45) is 7.05 Å². The van der Waals surface area contributed by atoms with Crippen molar-refractivity contribution in [1.29, 1.82) is 0 Å². The fraction of sp³-hybridized carbons (Fsp3) is 0.308. The first kappa shape index (κ1) is 10.9. The lowest BCUT2D eigenvalue weighted by Crippen LogP contribution is -1.95. The van der Waals surface area contributed by atoms with Crippen LogP contribution in [0.15, 0.2) is 24.3 Å². The summed E-state index contributed by atoms with van der Waals surface area (Å²) in [7, 11) is 1.93. The van der Waals surface area contributed by atoms with E-state index in [1.165, 1.54) is 11.8 Å². The molecule has 1 heterocycles. The van der Waals surface area contributed by atoms with Crippen LogP contribution < -0.4 is 0 Å². The average molecular weight is 218 g/mol. The molecule has 0 N–H and O–H groups in total. The molecule has 0 amide bonds. The van der Waals surface area contributed by atoms with Crippen molar-refractivity contribution < 1.29 is 4.39 Å². The van der Waals surface area contributed by atoms with Crippen molar-refractivity contribution in [1.82, 2.24) is 9.78 Å². The normalized spacial score (nSPS) is 10.8. The molecule has 16 heavy (non-hydrogen) atoms. The summed E-state index contributed by atoms with van der Waals surface area (Å²) in [5, 5.41) is 4.42. The van der Waals surface area contributed by atoms with E-state index in [2.05, 4.69) is 12.0 Å². The molecule has 0 atom stereocenters. The molecule has 0 aliphatic heterocycles. The molecule has 2 nitrogen and oxygen atoms in total. The van der Waals surface area contributed by atoms with Crippen LogP contribution >= 0.6 is 0 Å². The number of benzene rings is 1. The standard InChI is InChI=1S/C13H15FN2/c1-4-11-8-13(15-16(11)3)10-5-6-12(14)9(2)7-10/h5-8H,4H2,1-3H3. The summed E-state index contributed by atoms with van der Waals surface area (Å²) < 4.78 is 15.0. The van der Waals surface area contributed by atoms with Gasteiger partial charge in [-0.3, -0.25) is 4.68 Å². The topological polar surface area (TPSA) is 17.8 Å². The minimum absolute atomic E-state index is 0.171. The number of rotatable bonds is 2. The highest BCUT2D eigenvalue weighted by molar-refractivity contribution is 5.60. The molecule has 0 radical (unpaired) electrons. The maximum Gasteiger partial charge on any atom is 0.126 e. The molecule has 84 valence electrons. The van der Waals surface area contributed by atoms with Gasteiger partial charge in [0.1, 0.15) is 5.82 Å². The molecule has 0 saturated carbocycles. The van der Waals surface area contributed by atoms with E-state index in [9.17, 15) is 4.39 Å². The van der Waals surface area contributed by atoms with Crippen LogP contribution in [-0.4, -0.2) is 9.78 Å². The Hall–Kier alpha value is -1.64. The maximum atomic E-state index is 13.1. The minimum Gasteiger partial charge on any atom is -0.272 e. The third-order valence-electron chi connectivity index (χ3n) is 2.79. The highest BCUT2D eigenvalue weighted by Gasteiger charge is 2.07. The molecule has 0 aliphatic rings. The second kappa shape index (κ2) is 4.08. The summed E-state index contributed by atoms with van der Waals surface area (Å²) in [6.07, 6.45) is 0.948. The van der Waals surface area contributed by atoms with Gasteiger partial charge >= 0.3 is 0 Å². The van der Waals surface area contributed by atoms with Gasteiger partial charge < -0.3 is 0 Å². The SMILES string of the molecule is CCc1cc(-c2ccc(F)c(C)c2)nn1C. The molecule has 0 spiro atoms. The molecule has 0 aliphatic carbocycles. The van der Waals surface area contributed by atoms with Gasteiger partial charge in [-0.15, -0.1) is 0 Å². The lowest BCUT2D eigenvalue weighted by Gasteiger charge is -1.99. The molecule has 0 saturated heterocycles. The zero-order valence-electron chi connectivity index (χ0n) is 9.79. The summed E-state index contributed by atoms with van der Waals surface area (Å²) in [5.74, 6) is -0.171. The lowest BCUT2D eigenvalue weighted by atomic mass is 10.1.